The highest BCUT2D eigenvalue weighted by Gasteiger charge is 2.36. The van der Waals surface area contributed by atoms with E-state index in [2.05, 4.69) is 18.8 Å². The van der Waals surface area contributed by atoms with Crippen LogP contribution in [0.3, 0.4) is 0 Å². The molecule has 0 bridgehead atoms. The largest absolute Gasteiger partial charge is 0.511 e. The molecule has 0 radical (unpaired) electrons. The second-order valence-corrected chi connectivity index (χ2v) is 6.74. The highest BCUT2D eigenvalue weighted by molar-refractivity contribution is 6.25. The van der Waals surface area contributed by atoms with Gasteiger partial charge in [-0.3, -0.25) is 4.79 Å². The van der Waals surface area contributed by atoms with E-state index in [-0.39, 0.29) is 17.0 Å². The normalized spacial score (nSPS) is 21.4. The number of hydrogen-bond acceptors (Lipinski definition) is 4. The number of ketones is 1. The maximum Gasteiger partial charge on any atom is 0.168 e. The van der Waals surface area contributed by atoms with Gasteiger partial charge in [0.25, 0.3) is 0 Å². The lowest BCUT2D eigenvalue weighted by molar-refractivity contribution is -0.117. The van der Waals surface area contributed by atoms with Gasteiger partial charge in [-0.2, -0.15) is 0 Å². The molecule has 1 aliphatic rings. The van der Waals surface area contributed by atoms with Crippen LogP contribution in [0.15, 0.2) is 40.6 Å². The molecule has 0 heterocycles. The van der Waals surface area contributed by atoms with E-state index in [0.717, 1.165) is 6.42 Å². The third kappa shape index (κ3) is 4.01. The summed E-state index contributed by atoms with van der Waals surface area (Å²) in [4.78, 5) is 17.2. The smallest absolute Gasteiger partial charge is 0.168 e. The van der Waals surface area contributed by atoms with Crippen LogP contribution < -0.4 is 4.74 Å². The van der Waals surface area contributed by atoms with Crippen molar-refractivity contribution in [2.75, 3.05) is 7.11 Å². The molecule has 124 valence electrons. The summed E-state index contributed by atoms with van der Waals surface area (Å²) >= 11 is 0. The summed E-state index contributed by atoms with van der Waals surface area (Å²) in [6.45, 7) is 6.08. The van der Waals surface area contributed by atoms with E-state index in [0.29, 0.717) is 42.0 Å². The van der Waals surface area contributed by atoms with Crippen molar-refractivity contribution in [3.63, 3.8) is 0 Å². The summed E-state index contributed by atoms with van der Waals surface area (Å²) in [6.07, 6.45) is 2.36. The minimum Gasteiger partial charge on any atom is -0.511 e. The predicted molar refractivity (Wildman–Crippen MR) is 92.7 cm³/mol. The monoisotopic (exact) mass is 315 g/mol. The van der Waals surface area contributed by atoms with Crippen molar-refractivity contribution < 1.29 is 14.6 Å². The zero-order valence-electron chi connectivity index (χ0n) is 14.3. The quantitative estimate of drug-likeness (QED) is 0.643. The van der Waals surface area contributed by atoms with Crippen molar-refractivity contribution in [2.45, 2.75) is 46.5 Å². The topological polar surface area (TPSA) is 58.9 Å². The Hall–Kier alpha value is -2.10. The molecule has 0 aliphatic heterocycles. The predicted octanol–water partition coefficient (Wildman–Crippen LogP) is 4.77. The van der Waals surface area contributed by atoms with E-state index in [1.807, 2.05) is 31.2 Å². The fraction of sp³-hybridized carbons (Fsp3) is 0.474. The zero-order valence-corrected chi connectivity index (χ0v) is 14.3. The maximum absolute atomic E-state index is 12.6. The van der Waals surface area contributed by atoms with Gasteiger partial charge in [0.1, 0.15) is 17.2 Å². The van der Waals surface area contributed by atoms with Gasteiger partial charge < -0.3 is 9.84 Å². The zero-order chi connectivity index (χ0) is 17.0. The van der Waals surface area contributed by atoms with Crippen LogP contribution in [0.1, 0.15) is 46.5 Å². The summed E-state index contributed by atoms with van der Waals surface area (Å²) in [5.41, 5.74) is 1.57. The van der Waals surface area contributed by atoms with Gasteiger partial charge in [-0.15, -0.1) is 0 Å². The first kappa shape index (κ1) is 17.3. The number of rotatable bonds is 4. The van der Waals surface area contributed by atoms with Gasteiger partial charge in [0.05, 0.1) is 18.4 Å². The number of Topliss-reactive ketones (excluding diaryl/α,β-unsaturated/α-hetero) is 1. The Morgan fingerprint density at radius 2 is 2.00 bits per heavy atom. The number of aliphatic hydroxyl groups is 1. The molecule has 0 amide bonds. The molecule has 0 spiro atoms. The van der Waals surface area contributed by atoms with E-state index in [1.165, 1.54) is 0 Å². The number of aliphatic imine (C=N–C) groups is 1. The van der Waals surface area contributed by atoms with E-state index < -0.39 is 0 Å². The van der Waals surface area contributed by atoms with Crippen LogP contribution in [0.2, 0.25) is 0 Å². The Bertz CT molecular complexity index is 656. The summed E-state index contributed by atoms with van der Waals surface area (Å²) in [6, 6.07) is 7.45. The van der Waals surface area contributed by atoms with Crippen LogP contribution in [0.5, 0.6) is 5.75 Å². The van der Waals surface area contributed by atoms with Crippen molar-refractivity contribution in [3.05, 3.63) is 35.6 Å². The molecule has 0 aromatic heterocycles. The van der Waals surface area contributed by atoms with Gasteiger partial charge in [0.15, 0.2) is 5.78 Å². The lowest BCUT2D eigenvalue weighted by Crippen LogP contribution is -2.32. The van der Waals surface area contributed by atoms with Crippen molar-refractivity contribution in [3.8, 4) is 5.75 Å². The first-order chi connectivity index (χ1) is 10.9. The number of nitrogens with zero attached hydrogens (tertiary/aromatic N) is 1. The van der Waals surface area contributed by atoms with Gasteiger partial charge in [-0.25, -0.2) is 4.99 Å². The van der Waals surface area contributed by atoms with Gasteiger partial charge in [-0.05, 0) is 30.4 Å². The van der Waals surface area contributed by atoms with Crippen molar-refractivity contribution in [1.82, 2.24) is 0 Å². The number of para-hydroxylation sites is 2. The molecule has 1 aliphatic carbocycles. The first-order valence-electron chi connectivity index (χ1n) is 8.04. The average molecular weight is 315 g/mol. The highest BCUT2D eigenvalue weighted by atomic mass is 16.5. The number of allylic oxidation sites excluding steroid dienone is 2. The van der Waals surface area contributed by atoms with Crippen LogP contribution in [0.25, 0.3) is 0 Å². The molecule has 0 atom stereocenters. The third-order valence-corrected chi connectivity index (χ3v) is 3.97. The van der Waals surface area contributed by atoms with Crippen LogP contribution in [0.4, 0.5) is 5.69 Å². The lowest BCUT2D eigenvalue weighted by Gasteiger charge is -2.31. The van der Waals surface area contributed by atoms with Crippen molar-refractivity contribution in [1.29, 1.82) is 0 Å². The number of benzene rings is 1. The molecule has 1 aromatic rings. The number of aliphatic hydroxyl groups excluding tert-OH is 1. The van der Waals surface area contributed by atoms with Crippen molar-refractivity contribution >= 4 is 17.2 Å². The molecule has 1 aromatic carbocycles. The fourth-order valence-corrected chi connectivity index (χ4v) is 2.94. The lowest BCUT2D eigenvalue weighted by atomic mass is 9.73. The van der Waals surface area contributed by atoms with E-state index >= 15 is 0 Å². The molecule has 23 heavy (non-hydrogen) atoms. The van der Waals surface area contributed by atoms with Gasteiger partial charge in [0, 0.05) is 12.8 Å². The molecule has 2 rings (SSSR count). The first-order valence-corrected chi connectivity index (χ1v) is 8.04. The summed E-state index contributed by atoms with van der Waals surface area (Å²) in [5.74, 6) is 0.785. The average Bonchev–Trinajstić information content (AvgIpc) is 2.46. The fourth-order valence-electron chi connectivity index (χ4n) is 2.94. The third-order valence-electron chi connectivity index (χ3n) is 3.97. The molecular formula is C19H25NO3. The summed E-state index contributed by atoms with van der Waals surface area (Å²) in [5, 5.41) is 10.3. The number of carbonyl (C=O) groups is 1. The second-order valence-electron chi connectivity index (χ2n) is 6.74. The number of carbonyl (C=O) groups excluding carboxylic acids is 1. The Balaban J connectivity index is 2.55. The highest BCUT2D eigenvalue weighted by Crippen LogP contribution is 2.38. The maximum atomic E-state index is 12.6. The molecule has 0 unspecified atom stereocenters. The van der Waals surface area contributed by atoms with Crippen LogP contribution >= 0.6 is 0 Å². The minimum absolute atomic E-state index is 0.0270. The Labute approximate surface area is 137 Å². The number of hydrogen-bond donors (Lipinski definition) is 1. The van der Waals surface area contributed by atoms with Crippen LogP contribution in [-0.2, 0) is 4.79 Å². The molecule has 4 nitrogen and oxygen atoms in total. The van der Waals surface area contributed by atoms with E-state index in [1.54, 1.807) is 7.11 Å². The molecule has 1 fully saturated rings. The number of ether oxygens (including phenoxy) is 1. The molecular weight excluding hydrogens is 290 g/mol. The Morgan fingerprint density at radius 3 is 2.65 bits per heavy atom. The van der Waals surface area contributed by atoms with Gasteiger partial charge in [-0.1, -0.05) is 32.9 Å². The molecule has 1 saturated carbocycles. The SMILES string of the molecule is CCC/C(O)=C1\C(=O)CC(C)(C)CC1=Nc1ccccc1OC. The van der Waals surface area contributed by atoms with Crippen LogP contribution in [-0.4, -0.2) is 23.7 Å². The minimum atomic E-state index is -0.159. The van der Waals surface area contributed by atoms with Crippen molar-refractivity contribution in [2.24, 2.45) is 10.4 Å². The standard InChI is InChI=1S/C19H25NO3/c1-5-8-15(21)18-14(11-19(2,3)12-16(18)22)20-13-9-6-7-10-17(13)23-4/h6-7,9-10,21H,5,8,11-12H2,1-4H3/b18-15+,20-14?. The molecule has 4 heteroatoms. The van der Waals surface area contributed by atoms with Crippen LogP contribution in [0, 0.1) is 5.41 Å². The summed E-state index contributed by atoms with van der Waals surface area (Å²) in [7, 11) is 1.60. The summed E-state index contributed by atoms with van der Waals surface area (Å²) < 4.78 is 5.34. The van der Waals surface area contributed by atoms with Gasteiger partial charge in [0.2, 0.25) is 0 Å². The molecule has 0 saturated heterocycles. The number of methoxy groups -OCH3 is 1. The Morgan fingerprint density at radius 1 is 1.30 bits per heavy atom. The molecule has 1 N–H and O–H groups in total. The van der Waals surface area contributed by atoms with E-state index in [4.69, 9.17) is 4.74 Å². The second kappa shape index (κ2) is 6.99. The van der Waals surface area contributed by atoms with E-state index in [9.17, 15) is 9.90 Å². The Kier molecular flexibility index (Phi) is 5.24. The van der Waals surface area contributed by atoms with Gasteiger partial charge >= 0.3 is 0 Å².